The lowest BCUT2D eigenvalue weighted by molar-refractivity contribution is -0.114. The number of anilines is 2. The number of carbonyl (C=O) groups excluding carboxylic acids is 2. The predicted molar refractivity (Wildman–Crippen MR) is 95.2 cm³/mol. The van der Waals surface area contributed by atoms with E-state index in [1.807, 2.05) is 31.2 Å². The van der Waals surface area contributed by atoms with Crippen LogP contribution in [0.15, 0.2) is 48.5 Å². The molecule has 2 aromatic rings. The molecule has 2 amide bonds. The van der Waals surface area contributed by atoms with Crippen LogP contribution < -0.4 is 16.0 Å². The van der Waals surface area contributed by atoms with Gasteiger partial charge in [0.1, 0.15) is 0 Å². The third-order valence-corrected chi connectivity index (χ3v) is 3.79. The molecule has 0 radical (unpaired) electrons. The Morgan fingerprint density at radius 1 is 1.04 bits per heavy atom. The maximum absolute atomic E-state index is 12.1. The fourth-order valence-corrected chi connectivity index (χ4v) is 2.38. The van der Waals surface area contributed by atoms with E-state index in [4.69, 9.17) is 0 Å². The van der Waals surface area contributed by atoms with Crippen molar-refractivity contribution in [1.82, 2.24) is 5.32 Å². The van der Waals surface area contributed by atoms with Crippen molar-refractivity contribution in [2.75, 3.05) is 17.2 Å². The first-order chi connectivity index (χ1) is 11.6. The summed E-state index contributed by atoms with van der Waals surface area (Å²) in [5.41, 5.74) is 3.22. The zero-order chi connectivity index (χ0) is 16.9. The van der Waals surface area contributed by atoms with Crippen LogP contribution in [0.5, 0.6) is 0 Å². The van der Waals surface area contributed by atoms with Crippen molar-refractivity contribution in [3.63, 3.8) is 0 Å². The summed E-state index contributed by atoms with van der Waals surface area (Å²) in [4.78, 5) is 24.1. The lowest BCUT2D eigenvalue weighted by Gasteiger charge is -2.10. The first-order valence-electron chi connectivity index (χ1n) is 8.11. The quantitative estimate of drug-likeness (QED) is 0.765. The van der Waals surface area contributed by atoms with E-state index in [1.165, 1.54) is 0 Å². The molecule has 124 valence electrons. The molecule has 0 saturated heterocycles. The number of aryl methyl sites for hydroxylation is 1. The number of hydrogen-bond donors (Lipinski definition) is 3. The zero-order valence-electron chi connectivity index (χ0n) is 13.6. The number of nitrogens with one attached hydrogen (secondary N) is 3. The average molecular weight is 323 g/mol. The molecule has 2 aromatic carbocycles. The molecule has 0 bridgehead atoms. The summed E-state index contributed by atoms with van der Waals surface area (Å²) < 4.78 is 0. The standard InChI is InChI=1S/C19H21N3O2/c1-13-4-2-6-16(10-13)20-12-18(23)21-17-7-3-5-14(11-17)19(24)22-15-8-9-15/h2-7,10-11,15,20H,8-9,12H2,1H3,(H,21,23)(H,22,24). The van der Waals surface area contributed by atoms with Gasteiger partial charge in [0.2, 0.25) is 5.91 Å². The zero-order valence-corrected chi connectivity index (χ0v) is 13.6. The van der Waals surface area contributed by atoms with Gasteiger partial charge in [-0.3, -0.25) is 9.59 Å². The molecule has 5 nitrogen and oxygen atoms in total. The summed E-state index contributed by atoms with van der Waals surface area (Å²) in [5.74, 6) is -0.247. The Balaban J connectivity index is 1.54. The van der Waals surface area contributed by atoms with Crippen LogP contribution in [0.3, 0.4) is 0 Å². The molecule has 1 aliphatic carbocycles. The molecule has 1 fully saturated rings. The third-order valence-electron chi connectivity index (χ3n) is 3.79. The number of amides is 2. The summed E-state index contributed by atoms with van der Waals surface area (Å²) in [5, 5.41) is 8.83. The number of benzene rings is 2. The maximum Gasteiger partial charge on any atom is 0.251 e. The molecule has 3 N–H and O–H groups in total. The second-order valence-corrected chi connectivity index (χ2v) is 6.10. The van der Waals surface area contributed by atoms with Crippen LogP contribution in [0, 0.1) is 6.92 Å². The molecule has 0 aliphatic heterocycles. The molecule has 0 aromatic heterocycles. The van der Waals surface area contributed by atoms with Crippen molar-refractivity contribution in [1.29, 1.82) is 0 Å². The molecular formula is C19H21N3O2. The van der Waals surface area contributed by atoms with Gasteiger partial charge in [-0.2, -0.15) is 0 Å². The number of hydrogen-bond acceptors (Lipinski definition) is 3. The normalized spacial score (nSPS) is 13.2. The first-order valence-corrected chi connectivity index (χ1v) is 8.11. The van der Waals surface area contributed by atoms with Crippen LogP contribution in [-0.2, 0) is 4.79 Å². The van der Waals surface area contributed by atoms with Crippen LogP contribution in [0.25, 0.3) is 0 Å². The Labute approximate surface area is 141 Å². The van der Waals surface area contributed by atoms with E-state index in [1.54, 1.807) is 24.3 Å². The van der Waals surface area contributed by atoms with Crippen molar-refractivity contribution in [2.24, 2.45) is 0 Å². The van der Waals surface area contributed by atoms with E-state index < -0.39 is 0 Å². The lowest BCUT2D eigenvalue weighted by Crippen LogP contribution is -2.26. The predicted octanol–water partition coefficient (Wildman–Crippen LogP) is 2.94. The minimum Gasteiger partial charge on any atom is -0.376 e. The van der Waals surface area contributed by atoms with Gasteiger partial charge < -0.3 is 16.0 Å². The van der Waals surface area contributed by atoms with Crippen LogP contribution in [0.4, 0.5) is 11.4 Å². The molecule has 0 spiro atoms. The van der Waals surface area contributed by atoms with E-state index in [0.717, 1.165) is 24.1 Å². The van der Waals surface area contributed by atoms with E-state index in [2.05, 4.69) is 16.0 Å². The molecule has 0 heterocycles. The van der Waals surface area contributed by atoms with Crippen molar-refractivity contribution in [3.05, 3.63) is 59.7 Å². The number of rotatable bonds is 6. The van der Waals surface area contributed by atoms with Crippen molar-refractivity contribution < 1.29 is 9.59 Å². The SMILES string of the molecule is Cc1cccc(NCC(=O)Nc2cccc(C(=O)NC3CC3)c2)c1. The first kappa shape index (κ1) is 16.1. The van der Waals surface area contributed by atoms with Crippen LogP contribution in [-0.4, -0.2) is 24.4 Å². The summed E-state index contributed by atoms with van der Waals surface area (Å²) >= 11 is 0. The van der Waals surface area contributed by atoms with Gasteiger partial charge in [-0.15, -0.1) is 0 Å². The smallest absolute Gasteiger partial charge is 0.251 e. The highest BCUT2D eigenvalue weighted by molar-refractivity contribution is 5.98. The number of carbonyl (C=O) groups is 2. The summed E-state index contributed by atoms with van der Waals surface area (Å²) in [6.07, 6.45) is 2.10. The van der Waals surface area contributed by atoms with E-state index in [0.29, 0.717) is 17.3 Å². The highest BCUT2D eigenvalue weighted by Crippen LogP contribution is 2.20. The lowest BCUT2D eigenvalue weighted by atomic mass is 10.2. The van der Waals surface area contributed by atoms with Crippen molar-refractivity contribution >= 4 is 23.2 Å². The molecule has 1 saturated carbocycles. The summed E-state index contributed by atoms with van der Waals surface area (Å²) in [7, 11) is 0. The third kappa shape index (κ3) is 4.59. The van der Waals surface area contributed by atoms with Gasteiger partial charge in [0, 0.05) is 23.0 Å². The van der Waals surface area contributed by atoms with Crippen LogP contribution in [0.1, 0.15) is 28.8 Å². The maximum atomic E-state index is 12.1. The van der Waals surface area contributed by atoms with Gasteiger partial charge in [0.05, 0.1) is 6.54 Å². The highest BCUT2D eigenvalue weighted by atomic mass is 16.2. The van der Waals surface area contributed by atoms with Gasteiger partial charge >= 0.3 is 0 Å². The summed E-state index contributed by atoms with van der Waals surface area (Å²) in [6, 6.07) is 15.2. The summed E-state index contributed by atoms with van der Waals surface area (Å²) in [6.45, 7) is 2.17. The Morgan fingerprint density at radius 3 is 2.54 bits per heavy atom. The molecule has 0 atom stereocenters. The van der Waals surface area contributed by atoms with E-state index >= 15 is 0 Å². The van der Waals surface area contributed by atoms with Crippen molar-refractivity contribution in [3.8, 4) is 0 Å². The largest absolute Gasteiger partial charge is 0.376 e. The van der Waals surface area contributed by atoms with Gasteiger partial charge in [-0.05, 0) is 55.7 Å². The minimum absolute atomic E-state index is 0.0912. The molecular weight excluding hydrogens is 302 g/mol. The fraction of sp³-hybridized carbons (Fsp3) is 0.263. The fourth-order valence-electron chi connectivity index (χ4n) is 2.38. The average Bonchev–Trinajstić information content (AvgIpc) is 3.37. The Morgan fingerprint density at radius 2 is 1.79 bits per heavy atom. The van der Waals surface area contributed by atoms with E-state index in [9.17, 15) is 9.59 Å². The Kier molecular flexibility index (Phi) is 4.79. The molecule has 1 aliphatic rings. The van der Waals surface area contributed by atoms with Crippen LogP contribution >= 0.6 is 0 Å². The van der Waals surface area contributed by atoms with E-state index in [-0.39, 0.29) is 18.4 Å². The Bertz CT molecular complexity index is 754. The minimum atomic E-state index is -0.156. The van der Waals surface area contributed by atoms with Crippen LogP contribution in [0.2, 0.25) is 0 Å². The highest BCUT2D eigenvalue weighted by Gasteiger charge is 2.23. The monoisotopic (exact) mass is 323 g/mol. The Hall–Kier alpha value is -2.82. The molecule has 0 unspecified atom stereocenters. The van der Waals surface area contributed by atoms with Gasteiger partial charge in [-0.1, -0.05) is 18.2 Å². The van der Waals surface area contributed by atoms with Gasteiger partial charge in [0.15, 0.2) is 0 Å². The molecule has 3 rings (SSSR count). The van der Waals surface area contributed by atoms with Crippen molar-refractivity contribution in [2.45, 2.75) is 25.8 Å². The van der Waals surface area contributed by atoms with Gasteiger partial charge in [0.25, 0.3) is 5.91 Å². The molecule has 24 heavy (non-hydrogen) atoms. The topological polar surface area (TPSA) is 70.2 Å². The van der Waals surface area contributed by atoms with Gasteiger partial charge in [-0.25, -0.2) is 0 Å². The second kappa shape index (κ2) is 7.17. The molecule has 5 heteroatoms. The second-order valence-electron chi connectivity index (χ2n) is 6.10.